The molecule has 1 fully saturated rings. The molecule has 0 N–H and O–H groups in total. The number of carbonyl (C=O) groups is 1. The molecule has 0 unspecified atom stereocenters. The molecule has 0 bridgehead atoms. The van der Waals surface area contributed by atoms with Crippen molar-refractivity contribution in [3.05, 3.63) is 48.0 Å². The van der Waals surface area contributed by atoms with E-state index in [0.717, 1.165) is 35.3 Å². The number of aromatic nitrogens is 3. The molecule has 0 saturated carbocycles. The first kappa shape index (κ1) is 18.1. The van der Waals surface area contributed by atoms with Crippen LogP contribution in [0.2, 0.25) is 0 Å². The van der Waals surface area contributed by atoms with Crippen LogP contribution >= 0.6 is 0 Å². The number of hydrogen-bond acceptors (Lipinski definition) is 4. The van der Waals surface area contributed by atoms with Gasteiger partial charge in [0.05, 0.1) is 5.69 Å². The highest BCUT2D eigenvalue weighted by atomic mass is 19.1. The van der Waals surface area contributed by atoms with E-state index in [2.05, 4.69) is 11.1 Å². The molecule has 0 aliphatic carbocycles. The second-order valence-electron chi connectivity index (χ2n) is 9.04. The summed E-state index contributed by atoms with van der Waals surface area (Å²) in [6, 6.07) is 8.96. The van der Waals surface area contributed by atoms with E-state index in [4.69, 9.17) is 9.84 Å². The molecule has 0 radical (unpaired) electrons. The van der Waals surface area contributed by atoms with E-state index < -0.39 is 5.60 Å². The van der Waals surface area contributed by atoms with Crippen molar-refractivity contribution in [1.29, 1.82) is 0 Å². The number of carbonyl (C=O) groups excluding carboxylic acids is 1. The van der Waals surface area contributed by atoms with E-state index in [1.165, 1.54) is 6.07 Å². The second kappa shape index (κ2) is 6.02. The summed E-state index contributed by atoms with van der Waals surface area (Å²) >= 11 is 0. The van der Waals surface area contributed by atoms with Gasteiger partial charge in [-0.25, -0.2) is 9.18 Å². The van der Waals surface area contributed by atoms with Crippen molar-refractivity contribution in [1.82, 2.24) is 19.7 Å². The van der Waals surface area contributed by atoms with Crippen LogP contribution in [-0.4, -0.2) is 44.4 Å². The lowest BCUT2D eigenvalue weighted by molar-refractivity contribution is -0.00969. The van der Waals surface area contributed by atoms with E-state index in [1.807, 2.05) is 37.6 Å². The Morgan fingerprint density at radius 3 is 2.79 bits per heavy atom. The lowest BCUT2D eigenvalue weighted by atomic mass is 9.76. The van der Waals surface area contributed by atoms with E-state index in [-0.39, 0.29) is 17.3 Å². The van der Waals surface area contributed by atoms with E-state index in [1.54, 1.807) is 17.2 Å². The quantitative estimate of drug-likeness (QED) is 0.623. The molecule has 2 aliphatic rings. The molecule has 7 heteroatoms. The summed E-state index contributed by atoms with van der Waals surface area (Å²) in [7, 11) is 0. The smallest absolute Gasteiger partial charge is 0.410 e. The maximum Gasteiger partial charge on any atom is 0.410 e. The fourth-order valence-corrected chi connectivity index (χ4v) is 4.33. The van der Waals surface area contributed by atoms with Crippen molar-refractivity contribution in [2.45, 2.75) is 44.8 Å². The van der Waals surface area contributed by atoms with E-state index in [9.17, 15) is 9.18 Å². The minimum Gasteiger partial charge on any atom is -0.444 e. The van der Waals surface area contributed by atoms with Crippen LogP contribution in [0, 0.1) is 5.82 Å². The van der Waals surface area contributed by atoms with Crippen LogP contribution in [0.25, 0.3) is 22.2 Å². The van der Waals surface area contributed by atoms with Crippen molar-refractivity contribution in [3.63, 3.8) is 0 Å². The third-order valence-corrected chi connectivity index (χ3v) is 5.72. The topological polar surface area (TPSA) is 60.2 Å². The number of pyridine rings is 1. The van der Waals surface area contributed by atoms with Gasteiger partial charge in [0.15, 0.2) is 0 Å². The van der Waals surface area contributed by atoms with Gasteiger partial charge in [-0.3, -0.25) is 9.67 Å². The van der Waals surface area contributed by atoms with Gasteiger partial charge in [0.1, 0.15) is 16.9 Å². The molecular weight excluding hydrogens is 371 g/mol. The highest BCUT2D eigenvalue weighted by Crippen LogP contribution is 2.44. The molecule has 150 valence electrons. The van der Waals surface area contributed by atoms with Gasteiger partial charge in [-0.1, -0.05) is 12.1 Å². The lowest BCUT2D eigenvalue weighted by Crippen LogP contribution is -2.61. The largest absolute Gasteiger partial charge is 0.444 e. The molecule has 4 heterocycles. The molecule has 29 heavy (non-hydrogen) atoms. The van der Waals surface area contributed by atoms with Crippen LogP contribution in [0.1, 0.15) is 32.9 Å². The zero-order valence-electron chi connectivity index (χ0n) is 16.8. The van der Waals surface area contributed by atoms with Crippen molar-refractivity contribution in [3.8, 4) is 11.3 Å². The minimum absolute atomic E-state index is 0.0570. The Bertz CT molecular complexity index is 1130. The van der Waals surface area contributed by atoms with Crippen molar-refractivity contribution in [2.24, 2.45) is 0 Å². The maximum absolute atomic E-state index is 13.9. The summed E-state index contributed by atoms with van der Waals surface area (Å²) in [5.41, 5.74) is 2.65. The number of rotatable bonds is 1. The van der Waals surface area contributed by atoms with Crippen LogP contribution in [0.5, 0.6) is 0 Å². The van der Waals surface area contributed by atoms with Gasteiger partial charge in [0.2, 0.25) is 0 Å². The van der Waals surface area contributed by atoms with Crippen molar-refractivity contribution < 1.29 is 13.9 Å². The first-order valence-corrected chi connectivity index (χ1v) is 9.85. The summed E-state index contributed by atoms with van der Waals surface area (Å²) in [5.74, 6) is -0.322. The van der Waals surface area contributed by atoms with Crippen molar-refractivity contribution in [2.75, 3.05) is 13.1 Å². The highest BCUT2D eigenvalue weighted by Gasteiger charge is 2.52. The molecule has 1 aromatic carbocycles. The minimum atomic E-state index is -0.493. The zero-order valence-corrected chi connectivity index (χ0v) is 16.8. The van der Waals surface area contributed by atoms with E-state index in [0.29, 0.717) is 18.6 Å². The van der Waals surface area contributed by atoms with Crippen LogP contribution in [-0.2, 0) is 16.7 Å². The number of benzene rings is 1. The molecule has 3 aromatic rings. The number of halogens is 1. The van der Waals surface area contributed by atoms with Crippen molar-refractivity contribution >= 4 is 17.0 Å². The third kappa shape index (κ3) is 2.96. The standard InChI is InChI=1S/C22H23FN4O2/c1-21(2,3)29-20(28)26-12-22(13-26)7-8-27-18(22)10-17(25-27)15-9-14-5-4-6-16(23)19(14)24-11-15/h4-6,9-11H,7-8,12-13H2,1-3H3. The predicted octanol–water partition coefficient (Wildman–Crippen LogP) is 4.13. The van der Waals surface area contributed by atoms with E-state index >= 15 is 0 Å². The van der Waals surface area contributed by atoms with Gasteiger partial charge in [-0.15, -0.1) is 0 Å². The zero-order chi connectivity index (χ0) is 20.4. The van der Waals surface area contributed by atoms with Crippen LogP contribution in [0.15, 0.2) is 36.5 Å². The molecule has 5 rings (SSSR count). The van der Waals surface area contributed by atoms with Gasteiger partial charge >= 0.3 is 6.09 Å². The number of hydrogen-bond donors (Lipinski definition) is 0. The Morgan fingerprint density at radius 1 is 1.24 bits per heavy atom. The monoisotopic (exact) mass is 394 g/mol. The summed E-state index contributed by atoms with van der Waals surface area (Å²) in [4.78, 5) is 18.4. The molecule has 2 aromatic heterocycles. The lowest BCUT2D eigenvalue weighted by Gasteiger charge is -2.47. The highest BCUT2D eigenvalue weighted by molar-refractivity contribution is 5.83. The summed E-state index contributed by atoms with van der Waals surface area (Å²) in [5, 5.41) is 5.50. The Hall–Kier alpha value is -2.96. The normalized spacial score (nSPS) is 17.4. The first-order chi connectivity index (χ1) is 13.7. The van der Waals surface area contributed by atoms with Crippen LogP contribution in [0.3, 0.4) is 0 Å². The molecule has 1 spiro atoms. The van der Waals surface area contributed by atoms with Crippen LogP contribution in [0.4, 0.5) is 9.18 Å². The Labute approximate surface area is 168 Å². The number of ether oxygens (including phenoxy) is 1. The molecule has 0 atom stereocenters. The summed E-state index contributed by atoms with van der Waals surface area (Å²) < 4.78 is 21.4. The fraction of sp³-hybridized carbons (Fsp3) is 0.409. The first-order valence-electron chi connectivity index (χ1n) is 9.85. The Kier molecular flexibility index (Phi) is 3.75. The van der Waals surface area contributed by atoms with Crippen LogP contribution < -0.4 is 0 Å². The molecular formula is C22H23FN4O2. The predicted molar refractivity (Wildman–Crippen MR) is 107 cm³/mol. The fourth-order valence-electron chi connectivity index (χ4n) is 4.33. The van der Waals surface area contributed by atoms with Gasteiger partial charge in [-0.05, 0) is 45.4 Å². The second-order valence-corrected chi connectivity index (χ2v) is 9.04. The molecule has 1 amide bonds. The Morgan fingerprint density at radius 2 is 2.03 bits per heavy atom. The maximum atomic E-state index is 13.9. The van der Waals surface area contributed by atoms with Gasteiger partial charge in [0.25, 0.3) is 0 Å². The van der Waals surface area contributed by atoms with Gasteiger partial charge in [-0.2, -0.15) is 5.10 Å². The number of amides is 1. The number of nitrogens with zero attached hydrogens (tertiary/aromatic N) is 4. The molecule has 2 aliphatic heterocycles. The average molecular weight is 394 g/mol. The third-order valence-electron chi connectivity index (χ3n) is 5.72. The SMILES string of the molecule is CC(C)(C)OC(=O)N1CC2(CCn3nc(-c4cnc5c(F)cccc5c4)cc32)C1. The Balaban J connectivity index is 1.40. The van der Waals surface area contributed by atoms with Gasteiger partial charge in [0, 0.05) is 47.9 Å². The number of likely N-dealkylation sites (tertiary alicyclic amines) is 1. The summed E-state index contributed by atoms with van der Waals surface area (Å²) in [6.07, 6.45) is 2.38. The molecule has 1 saturated heterocycles. The number of para-hydroxylation sites is 1. The molecule has 6 nitrogen and oxygen atoms in total. The number of aryl methyl sites for hydroxylation is 1. The summed E-state index contributed by atoms with van der Waals surface area (Å²) in [6.45, 7) is 7.75. The van der Waals surface area contributed by atoms with Gasteiger partial charge < -0.3 is 9.64 Å². The average Bonchev–Trinajstić information content (AvgIpc) is 3.18. The number of fused-ring (bicyclic) bond motifs is 3.